The second-order valence-electron chi connectivity index (χ2n) is 3.55. The number of anilines is 1. The standard InChI is InChI=1S/C13H17N3O2/c1-3-16(4-2)13(17)15-11-7-5-6-8-12(11)18-10-9-14/h5-8H,3-4,10H2,1-2H3,(H,15,17). The smallest absolute Gasteiger partial charge is 0.321 e. The van der Waals surface area contributed by atoms with Gasteiger partial charge in [0.15, 0.2) is 6.61 Å². The van der Waals surface area contributed by atoms with Crippen LogP contribution in [-0.2, 0) is 0 Å². The van der Waals surface area contributed by atoms with Crippen LogP contribution >= 0.6 is 0 Å². The minimum absolute atomic E-state index is 0.0435. The fourth-order valence-electron chi connectivity index (χ4n) is 1.51. The van der Waals surface area contributed by atoms with Crippen LogP contribution in [0.4, 0.5) is 10.5 Å². The van der Waals surface area contributed by atoms with Crippen LogP contribution < -0.4 is 10.1 Å². The molecule has 0 aliphatic heterocycles. The van der Waals surface area contributed by atoms with Crippen LogP contribution in [0.15, 0.2) is 24.3 Å². The maximum absolute atomic E-state index is 11.9. The Bertz CT molecular complexity index is 436. The third kappa shape index (κ3) is 3.67. The molecule has 18 heavy (non-hydrogen) atoms. The van der Waals surface area contributed by atoms with Gasteiger partial charge in [0.2, 0.25) is 0 Å². The van der Waals surface area contributed by atoms with Crippen LogP contribution in [0.3, 0.4) is 0 Å². The third-order valence-electron chi connectivity index (χ3n) is 2.47. The number of rotatable bonds is 5. The van der Waals surface area contributed by atoms with E-state index in [1.165, 1.54) is 0 Å². The highest BCUT2D eigenvalue weighted by atomic mass is 16.5. The highest BCUT2D eigenvalue weighted by Crippen LogP contribution is 2.23. The third-order valence-corrected chi connectivity index (χ3v) is 2.47. The van der Waals surface area contributed by atoms with E-state index in [0.717, 1.165) is 0 Å². The Morgan fingerprint density at radius 1 is 1.39 bits per heavy atom. The van der Waals surface area contributed by atoms with Crippen molar-refractivity contribution in [1.29, 1.82) is 5.26 Å². The van der Waals surface area contributed by atoms with Gasteiger partial charge >= 0.3 is 6.03 Å². The molecule has 0 aliphatic carbocycles. The van der Waals surface area contributed by atoms with Gasteiger partial charge in [-0.15, -0.1) is 0 Å². The first-order valence-electron chi connectivity index (χ1n) is 5.87. The maximum atomic E-state index is 11.9. The van der Waals surface area contributed by atoms with Crippen LogP contribution in [0.5, 0.6) is 5.75 Å². The molecule has 2 amide bonds. The molecule has 0 aliphatic rings. The van der Waals surface area contributed by atoms with E-state index in [1.807, 2.05) is 19.9 Å². The monoisotopic (exact) mass is 247 g/mol. The summed E-state index contributed by atoms with van der Waals surface area (Å²) in [5.41, 5.74) is 0.574. The van der Waals surface area contributed by atoms with Crippen molar-refractivity contribution in [3.63, 3.8) is 0 Å². The summed E-state index contributed by atoms with van der Waals surface area (Å²) in [6, 6.07) is 8.78. The zero-order valence-corrected chi connectivity index (χ0v) is 10.6. The number of hydrogen-bond donors (Lipinski definition) is 1. The van der Waals surface area contributed by atoms with E-state index in [2.05, 4.69) is 5.32 Å². The van der Waals surface area contributed by atoms with Crippen molar-refractivity contribution in [2.45, 2.75) is 13.8 Å². The topological polar surface area (TPSA) is 65.4 Å². The van der Waals surface area contributed by atoms with Gasteiger partial charge in [-0.1, -0.05) is 12.1 Å². The lowest BCUT2D eigenvalue weighted by Gasteiger charge is -2.20. The zero-order chi connectivity index (χ0) is 13.4. The minimum Gasteiger partial charge on any atom is -0.477 e. The SMILES string of the molecule is CCN(CC)C(=O)Nc1ccccc1OCC#N. The second kappa shape index (κ2) is 7.17. The molecule has 5 heteroatoms. The highest BCUT2D eigenvalue weighted by molar-refractivity contribution is 5.90. The van der Waals surface area contributed by atoms with Crippen molar-refractivity contribution in [2.24, 2.45) is 0 Å². The first kappa shape index (κ1) is 13.8. The molecule has 5 nitrogen and oxygen atoms in total. The van der Waals surface area contributed by atoms with Crippen LogP contribution in [0, 0.1) is 11.3 Å². The number of carbonyl (C=O) groups excluding carboxylic acids is 1. The summed E-state index contributed by atoms with van der Waals surface area (Å²) >= 11 is 0. The van der Waals surface area contributed by atoms with E-state index in [4.69, 9.17) is 10.00 Å². The normalized spacial score (nSPS) is 9.39. The van der Waals surface area contributed by atoms with Crippen LogP contribution in [-0.4, -0.2) is 30.6 Å². The van der Waals surface area contributed by atoms with Crippen molar-refractivity contribution < 1.29 is 9.53 Å². The number of benzene rings is 1. The summed E-state index contributed by atoms with van der Waals surface area (Å²) < 4.78 is 5.24. The molecule has 1 aromatic rings. The predicted molar refractivity (Wildman–Crippen MR) is 69.5 cm³/mol. The van der Waals surface area contributed by atoms with E-state index >= 15 is 0 Å². The van der Waals surface area contributed by atoms with Gasteiger partial charge in [-0.3, -0.25) is 0 Å². The molecule has 0 saturated carbocycles. The predicted octanol–water partition coefficient (Wildman–Crippen LogP) is 2.46. The Kier molecular flexibility index (Phi) is 5.52. The van der Waals surface area contributed by atoms with Gasteiger partial charge in [0.25, 0.3) is 0 Å². The molecule has 0 saturated heterocycles. The summed E-state index contributed by atoms with van der Waals surface area (Å²) in [4.78, 5) is 13.6. The summed E-state index contributed by atoms with van der Waals surface area (Å²) in [7, 11) is 0. The molecule has 96 valence electrons. The summed E-state index contributed by atoms with van der Waals surface area (Å²) in [5.74, 6) is 0.500. The summed E-state index contributed by atoms with van der Waals surface area (Å²) in [6.45, 7) is 5.08. The number of hydrogen-bond acceptors (Lipinski definition) is 3. The van der Waals surface area contributed by atoms with E-state index in [9.17, 15) is 4.79 Å². The molecule has 1 N–H and O–H groups in total. The first-order valence-corrected chi connectivity index (χ1v) is 5.87. The molecule has 0 radical (unpaired) electrons. The molecule has 0 bridgehead atoms. The summed E-state index contributed by atoms with van der Waals surface area (Å²) in [5, 5.41) is 11.3. The molecule has 0 spiro atoms. The Labute approximate surface area is 107 Å². The number of nitrogens with one attached hydrogen (secondary N) is 1. The number of urea groups is 1. The second-order valence-corrected chi connectivity index (χ2v) is 3.55. The van der Waals surface area contributed by atoms with Gasteiger partial charge in [0.1, 0.15) is 11.8 Å². The number of amides is 2. The van der Waals surface area contributed by atoms with E-state index in [1.54, 1.807) is 29.2 Å². The fraction of sp³-hybridized carbons (Fsp3) is 0.385. The van der Waals surface area contributed by atoms with E-state index in [0.29, 0.717) is 24.5 Å². The molecule has 0 atom stereocenters. The van der Waals surface area contributed by atoms with Crippen molar-refractivity contribution in [2.75, 3.05) is 25.0 Å². The number of nitrogens with zero attached hydrogens (tertiary/aromatic N) is 2. The Hall–Kier alpha value is -2.22. The average molecular weight is 247 g/mol. The number of ether oxygens (including phenoxy) is 1. The Balaban J connectivity index is 2.77. The summed E-state index contributed by atoms with van der Waals surface area (Å²) in [6.07, 6.45) is 0. The lowest BCUT2D eigenvalue weighted by Crippen LogP contribution is -2.34. The van der Waals surface area contributed by atoms with Gasteiger partial charge in [0.05, 0.1) is 5.69 Å². The largest absolute Gasteiger partial charge is 0.477 e. The minimum atomic E-state index is -0.173. The van der Waals surface area contributed by atoms with Crippen molar-refractivity contribution >= 4 is 11.7 Å². The first-order chi connectivity index (χ1) is 8.72. The molecular weight excluding hydrogens is 230 g/mol. The van der Waals surface area contributed by atoms with Gasteiger partial charge < -0.3 is 15.0 Å². The lowest BCUT2D eigenvalue weighted by atomic mass is 10.3. The molecule has 0 heterocycles. The number of nitriles is 1. The molecule has 0 aromatic heterocycles. The highest BCUT2D eigenvalue weighted by Gasteiger charge is 2.11. The van der Waals surface area contributed by atoms with Crippen LogP contribution in [0.2, 0.25) is 0 Å². The van der Waals surface area contributed by atoms with Gasteiger partial charge in [0, 0.05) is 13.1 Å². The molecule has 0 unspecified atom stereocenters. The lowest BCUT2D eigenvalue weighted by molar-refractivity contribution is 0.217. The molecular formula is C13H17N3O2. The van der Waals surface area contributed by atoms with Crippen LogP contribution in [0.25, 0.3) is 0 Å². The fourth-order valence-corrected chi connectivity index (χ4v) is 1.51. The van der Waals surface area contributed by atoms with Crippen molar-refractivity contribution in [1.82, 2.24) is 4.90 Å². The quantitative estimate of drug-likeness (QED) is 0.869. The average Bonchev–Trinajstić information content (AvgIpc) is 2.39. The van der Waals surface area contributed by atoms with Gasteiger partial charge in [-0.2, -0.15) is 5.26 Å². The van der Waals surface area contributed by atoms with Gasteiger partial charge in [-0.05, 0) is 26.0 Å². The maximum Gasteiger partial charge on any atom is 0.321 e. The van der Waals surface area contributed by atoms with Crippen molar-refractivity contribution in [3.8, 4) is 11.8 Å². The number of carbonyl (C=O) groups is 1. The van der Waals surface area contributed by atoms with Gasteiger partial charge in [-0.25, -0.2) is 4.79 Å². The number of para-hydroxylation sites is 2. The van der Waals surface area contributed by atoms with Crippen LogP contribution in [0.1, 0.15) is 13.8 Å². The molecule has 1 rings (SSSR count). The van der Waals surface area contributed by atoms with Crippen molar-refractivity contribution in [3.05, 3.63) is 24.3 Å². The molecule has 0 fully saturated rings. The Morgan fingerprint density at radius 3 is 2.67 bits per heavy atom. The van der Waals surface area contributed by atoms with E-state index < -0.39 is 0 Å². The molecule has 1 aromatic carbocycles. The van der Waals surface area contributed by atoms with E-state index in [-0.39, 0.29) is 12.6 Å². The Morgan fingerprint density at radius 2 is 2.06 bits per heavy atom. The zero-order valence-electron chi connectivity index (χ0n) is 10.6.